The number of hydrogen-bond acceptors (Lipinski definition) is 7. The van der Waals surface area contributed by atoms with Crippen molar-refractivity contribution in [1.29, 1.82) is 0 Å². The molecular formula is C18H20N6O4. The summed E-state index contributed by atoms with van der Waals surface area (Å²) < 4.78 is 9.33. The molecule has 0 fully saturated rings. The molecule has 0 amide bonds. The molecule has 0 unspecified atom stereocenters. The Hall–Kier alpha value is -3.40. The van der Waals surface area contributed by atoms with Gasteiger partial charge >= 0.3 is 5.69 Å². The number of rotatable bonds is 4. The molecule has 0 radical (unpaired) electrons. The molecule has 0 spiro atoms. The zero-order valence-corrected chi connectivity index (χ0v) is 15.8. The van der Waals surface area contributed by atoms with Crippen molar-refractivity contribution in [2.45, 2.75) is 6.54 Å². The molecule has 1 aromatic carbocycles. The fourth-order valence-electron chi connectivity index (χ4n) is 3.33. The number of aliphatic hydroxyl groups excluding tert-OH is 1. The highest BCUT2D eigenvalue weighted by Crippen LogP contribution is 2.25. The van der Waals surface area contributed by atoms with Crippen molar-refractivity contribution in [2.75, 3.05) is 25.3 Å². The normalized spacial score (nSPS) is 13.6. The lowest BCUT2D eigenvalue weighted by atomic mass is 10.1. The quantitative estimate of drug-likeness (QED) is 0.660. The van der Waals surface area contributed by atoms with E-state index in [1.807, 2.05) is 24.3 Å². The number of aliphatic hydroxyl groups is 1. The van der Waals surface area contributed by atoms with E-state index < -0.39 is 11.2 Å². The van der Waals surface area contributed by atoms with Crippen LogP contribution < -0.4 is 21.0 Å². The van der Waals surface area contributed by atoms with Gasteiger partial charge in [0.25, 0.3) is 5.56 Å². The van der Waals surface area contributed by atoms with Crippen LogP contribution in [0.15, 0.2) is 39.0 Å². The third-order valence-electron chi connectivity index (χ3n) is 4.84. The second-order valence-electron chi connectivity index (χ2n) is 6.50. The summed E-state index contributed by atoms with van der Waals surface area (Å²) >= 11 is 0. The van der Waals surface area contributed by atoms with Gasteiger partial charge in [-0.1, -0.05) is 0 Å². The zero-order valence-electron chi connectivity index (χ0n) is 15.8. The predicted molar refractivity (Wildman–Crippen MR) is 104 cm³/mol. The minimum Gasteiger partial charge on any atom is -0.497 e. The summed E-state index contributed by atoms with van der Waals surface area (Å²) in [5.74, 6) is 1.14. The van der Waals surface area contributed by atoms with Gasteiger partial charge in [0, 0.05) is 14.1 Å². The summed E-state index contributed by atoms with van der Waals surface area (Å²) in [7, 11) is 4.61. The summed E-state index contributed by atoms with van der Waals surface area (Å²) in [6, 6.07) is 7.43. The van der Waals surface area contributed by atoms with Crippen LogP contribution in [-0.4, -0.2) is 49.8 Å². The van der Waals surface area contributed by atoms with Crippen molar-refractivity contribution in [3.8, 4) is 5.75 Å². The van der Waals surface area contributed by atoms with Crippen molar-refractivity contribution in [1.82, 2.24) is 18.7 Å². The summed E-state index contributed by atoms with van der Waals surface area (Å²) in [5.41, 5.74) is 1.31. The Morgan fingerprint density at radius 2 is 1.86 bits per heavy atom. The van der Waals surface area contributed by atoms with Crippen LogP contribution in [0.25, 0.3) is 11.2 Å². The van der Waals surface area contributed by atoms with Crippen molar-refractivity contribution in [2.24, 2.45) is 19.2 Å². The van der Waals surface area contributed by atoms with E-state index in [-0.39, 0.29) is 18.8 Å². The highest BCUT2D eigenvalue weighted by Gasteiger charge is 2.27. The minimum atomic E-state index is -0.446. The fraction of sp³-hybridized carbons (Fsp3) is 0.333. The third kappa shape index (κ3) is 2.61. The Bertz CT molecular complexity index is 1200. The molecule has 3 heterocycles. The number of hydrogen-bond donors (Lipinski definition) is 1. The third-order valence-corrected chi connectivity index (χ3v) is 4.84. The Morgan fingerprint density at radius 1 is 1.14 bits per heavy atom. The van der Waals surface area contributed by atoms with E-state index in [4.69, 9.17) is 4.74 Å². The van der Waals surface area contributed by atoms with E-state index in [2.05, 4.69) is 10.1 Å². The van der Waals surface area contributed by atoms with Crippen LogP contribution >= 0.6 is 0 Å². The van der Waals surface area contributed by atoms with E-state index >= 15 is 0 Å². The Morgan fingerprint density at radius 3 is 2.50 bits per heavy atom. The number of methoxy groups -OCH3 is 1. The van der Waals surface area contributed by atoms with E-state index in [9.17, 15) is 14.7 Å². The van der Waals surface area contributed by atoms with Crippen molar-refractivity contribution < 1.29 is 9.84 Å². The summed E-state index contributed by atoms with van der Waals surface area (Å²) in [5, 5.41) is 15.6. The minimum absolute atomic E-state index is 0.139. The van der Waals surface area contributed by atoms with Crippen LogP contribution in [0, 0.1) is 0 Å². The SMILES string of the molecule is COc1ccc(C2=NN(CCO)c3nc4c(c(=O)n(C)c(=O)n4C)n3C2)cc1. The van der Waals surface area contributed by atoms with Gasteiger partial charge < -0.3 is 9.84 Å². The van der Waals surface area contributed by atoms with Crippen LogP contribution in [0.3, 0.4) is 0 Å². The highest BCUT2D eigenvalue weighted by molar-refractivity contribution is 6.02. The van der Waals surface area contributed by atoms with Crippen LogP contribution in [0.2, 0.25) is 0 Å². The number of β-amino-alcohol motifs (C(OH)–C–C–N with tert-alkyl or cyclic N) is 1. The van der Waals surface area contributed by atoms with Gasteiger partial charge in [-0.25, -0.2) is 9.80 Å². The van der Waals surface area contributed by atoms with Crippen LogP contribution in [0.5, 0.6) is 5.75 Å². The molecule has 1 aliphatic heterocycles. The van der Waals surface area contributed by atoms with Gasteiger partial charge in [-0.05, 0) is 29.8 Å². The molecule has 0 saturated carbocycles. The van der Waals surface area contributed by atoms with Gasteiger partial charge in [-0.2, -0.15) is 10.1 Å². The molecule has 2 aromatic heterocycles. The maximum Gasteiger partial charge on any atom is 0.332 e. The van der Waals surface area contributed by atoms with Gasteiger partial charge in [0.1, 0.15) is 5.75 Å². The largest absolute Gasteiger partial charge is 0.497 e. The van der Waals surface area contributed by atoms with Gasteiger partial charge in [-0.3, -0.25) is 18.5 Å². The topological polar surface area (TPSA) is 107 Å². The number of hydrazone groups is 1. The Labute approximate surface area is 159 Å². The number of ether oxygens (including phenoxy) is 1. The number of nitrogens with zero attached hydrogens (tertiary/aromatic N) is 6. The number of aryl methyl sites for hydroxylation is 1. The van der Waals surface area contributed by atoms with E-state index in [0.29, 0.717) is 23.7 Å². The van der Waals surface area contributed by atoms with Gasteiger partial charge in [0.15, 0.2) is 11.2 Å². The molecular weight excluding hydrogens is 364 g/mol. The first-order valence-electron chi connectivity index (χ1n) is 8.72. The van der Waals surface area contributed by atoms with Crippen molar-refractivity contribution in [3.63, 3.8) is 0 Å². The Kier molecular flexibility index (Phi) is 4.27. The molecule has 10 heteroatoms. The summed E-state index contributed by atoms with van der Waals surface area (Å²) in [6.45, 7) is 0.379. The standard InChI is InChI=1S/C18H20N6O4/c1-21-15-14(16(26)22(2)18(21)27)23-10-13(11-4-6-12(28-3)7-5-11)20-24(8-9-25)17(23)19-15/h4-7,25H,8-10H2,1-3H3. The molecule has 1 N–H and O–H groups in total. The molecule has 0 saturated heterocycles. The Balaban J connectivity index is 1.92. The average molecular weight is 384 g/mol. The first-order valence-corrected chi connectivity index (χ1v) is 8.72. The number of aromatic nitrogens is 4. The first-order chi connectivity index (χ1) is 13.5. The van der Waals surface area contributed by atoms with E-state index in [1.54, 1.807) is 23.7 Å². The van der Waals surface area contributed by atoms with Crippen molar-refractivity contribution >= 4 is 22.8 Å². The fourth-order valence-corrected chi connectivity index (χ4v) is 3.33. The molecule has 10 nitrogen and oxygen atoms in total. The second-order valence-corrected chi connectivity index (χ2v) is 6.50. The van der Waals surface area contributed by atoms with Gasteiger partial charge in [-0.15, -0.1) is 0 Å². The summed E-state index contributed by atoms with van der Waals surface area (Å²) in [6.07, 6.45) is 0. The number of anilines is 1. The zero-order chi connectivity index (χ0) is 20.0. The lowest BCUT2D eigenvalue weighted by molar-refractivity contribution is 0.301. The molecule has 0 aliphatic carbocycles. The second kappa shape index (κ2) is 6.64. The first kappa shape index (κ1) is 18.0. The monoisotopic (exact) mass is 384 g/mol. The average Bonchev–Trinajstić information content (AvgIpc) is 3.11. The van der Waals surface area contributed by atoms with Crippen LogP contribution in [-0.2, 0) is 20.6 Å². The predicted octanol–water partition coefficient (Wildman–Crippen LogP) is -0.341. The molecule has 0 atom stereocenters. The van der Waals surface area contributed by atoms with Crippen LogP contribution in [0.1, 0.15) is 5.56 Å². The van der Waals surface area contributed by atoms with Crippen LogP contribution in [0.4, 0.5) is 5.95 Å². The molecule has 3 aromatic rings. The highest BCUT2D eigenvalue weighted by atomic mass is 16.5. The lowest BCUT2D eigenvalue weighted by Crippen LogP contribution is -2.38. The van der Waals surface area contributed by atoms with Gasteiger partial charge in [0.2, 0.25) is 5.95 Å². The molecule has 1 aliphatic rings. The van der Waals surface area contributed by atoms with Crippen molar-refractivity contribution in [3.05, 3.63) is 50.7 Å². The smallest absolute Gasteiger partial charge is 0.332 e. The van der Waals surface area contributed by atoms with Gasteiger partial charge in [0.05, 0.1) is 32.5 Å². The number of benzene rings is 1. The maximum absolute atomic E-state index is 12.8. The number of fused-ring (bicyclic) bond motifs is 3. The molecule has 4 rings (SSSR count). The summed E-state index contributed by atoms with van der Waals surface area (Å²) in [4.78, 5) is 29.5. The van der Waals surface area contributed by atoms with E-state index in [0.717, 1.165) is 15.9 Å². The number of imidazole rings is 1. The molecule has 146 valence electrons. The maximum atomic E-state index is 12.8. The van der Waals surface area contributed by atoms with E-state index in [1.165, 1.54) is 11.6 Å². The molecule has 28 heavy (non-hydrogen) atoms. The molecule has 0 bridgehead atoms. The lowest BCUT2D eigenvalue weighted by Gasteiger charge is -2.25.